The number of aromatic amines is 1. The Morgan fingerprint density at radius 2 is 1.88 bits per heavy atom. The third-order valence-electron chi connectivity index (χ3n) is 4.28. The van der Waals surface area contributed by atoms with Crippen LogP contribution in [-0.4, -0.2) is 47.6 Å². The van der Waals surface area contributed by atoms with Gasteiger partial charge in [0.1, 0.15) is 0 Å². The summed E-state index contributed by atoms with van der Waals surface area (Å²) in [5.41, 5.74) is 2.70. The van der Waals surface area contributed by atoms with Crippen molar-refractivity contribution in [3.8, 4) is 0 Å². The van der Waals surface area contributed by atoms with Crippen molar-refractivity contribution in [2.24, 2.45) is 0 Å². The molecule has 1 aliphatic heterocycles. The Hall–Kier alpha value is -2.34. The smallest absolute Gasteiger partial charge is 0.252 e. The fourth-order valence-electron chi connectivity index (χ4n) is 3.08. The molecule has 0 atom stereocenters. The van der Waals surface area contributed by atoms with Crippen molar-refractivity contribution >= 4 is 17.3 Å². The Morgan fingerprint density at radius 1 is 1.17 bits per heavy atom. The Kier molecular flexibility index (Phi) is 5.15. The van der Waals surface area contributed by atoms with E-state index < -0.39 is 0 Å². The van der Waals surface area contributed by atoms with Gasteiger partial charge in [0, 0.05) is 49.3 Å². The van der Waals surface area contributed by atoms with Gasteiger partial charge < -0.3 is 10.2 Å². The summed E-state index contributed by atoms with van der Waals surface area (Å²) in [4.78, 5) is 23.4. The molecule has 1 aromatic carbocycles. The lowest BCUT2D eigenvalue weighted by Crippen LogP contribution is -2.46. The molecule has 2 heterocycles. The second-order valence-electron chi connectivity index (χ2n) is 6.24. The minimum Gasteiger partial charge on any atom is -0.369 e. The average Bonchev–Trinajstić information content (AvgIpc) is 2.56. The summed E-state index contributed by atoms with van der Waals surface area (Å²) in [5.74, 6) is 0.473. The Morgan fingerprint density at radius 3 is 2.50 bits per heavy atom. The molecule has 1 aromatic heterocycles. The highest BCUT2D eigenvalue weighted by Gasteiger charge is 2.16. The van der Waals surface area contributed by atoms with Crippen molar-refractivity contribution in [1.82, 2.24) is 14.9 Å². The van der Waals surface area contributed by atoms with Gasteiger partial charge in [-0.1, -0.05) is 6.92 Å². The van der Waals surface area contributed by atoms with Gasteiger partial charge in [-0.15, -0.1) is 0 Å². The molecular formula is C18H25N5O. The van der Waals surface area contributed by atoms with E-state index in [9.17, 15) is 4.79 Å². The van der Waals surface area contributed by atoms with Crippen molar-refractivity contribution in [2.75, 3.05) is 42.9 Å². The van der Waals surface area contributed by atoms with Gasteiger partial charge in [-0.25, -0.2) is 4.98 Å². The molecular weight excluding hydrogens is 302 g/mol. The first kappa shape index (κ1) is 16.5. The highest BCUT2D eigenvalue weighted by molar-refractivity contribution is 5.59. The lowest BCUT2D eigenvalue weighted by Gasteiger charge is -2.36. The number of hydrogen-bond donors (Lipinski definition) is 2. The summed E-state index contributed by atoms with van der Waals surface area (Å²) in [7, 11) is 0. The number of rotatable bonds is 5. The van der Waals surface area contributed by atoms with Crippen LogP contribution in [0.2, 0.25) is 0 Å². The molecule has 0 bridgehead atoms. The van der Waals surface area contributed by atoms with Gasteiger partial charge in [-0.2, -0.15) is 0 Å². The number of nitrogens with one attached hydrogen (secondary N) is 2. The van der Waals surface area contributed by atoms with E-state index in [4.69, 9.17) is 0 Å². The summed E-state index contributed by atoms with van der Waals surface area (Å²) < 4.78 is 0. The quantitative estimate of drug-likeness (QED) is 0.882. The van der Waals surface area contributed by atoms with Crippen molar-refractivity contribution in [2.45, 2.75) is 20.3 Å². The summed E-state index contributed by atoms with van der Waals surface area (Å²) >= 11 is 0. The van der Waals surface area contributed by atoms with Crippen LogP contribution in [0.4, 0.5) is 17.3 Å². The summed E-state index contributed by atoms with van der Waals surface area (Å²) in [6, 6.07) is 9.76. The van der Waals surface area contributed by atoms with Crippen LogP contribution in [0.25, 0.3) is 0 Å². The second kappa shape index (κ2) is 7.49. The van der Waals surface area contributed by atoms with E-state index in [0.29, 0.717) is 11.6 Å². The van der Waals surface area contributed by atoms with Crippen LogP contribution >= 0.6 is 0 Å². The standard InChI is InChI=1S/C18H25N5O/c1-3-8-22-9-11-23(12-10-22)16-6-4-15(5-7-16)20-18-19-14(2)13-17(24)21-18/h4-7,13H,3,8-12H2,1-2H3,(H2,19,20,21,24). The molecule has 6 heteroatoms. The molecule has 1 saturated heterocycles. The normalized spacial score (nSPS) is 15.5. The fourth-order valence-corrected chi connectivity index (χ4v) is 3.08. The number of hydrogen-bond acceptors (Lipinski definition) is 5. The van der Waals surface area contributed by atoms with Gasteiger partial charge in [0.15, 0.2) is 0 Å². The average molecular weight is 327 g/mol. The van der Waals surface area contributed by atoms with E-state index in [0.717, 1.165) is 31.9 Å². The number of aryl methyl sites for hydroxylation is 1. The predicted octanol–water partition coefficient (Wildman–Crippen LogP) is 2.35. The number of piperazine rings is 1. The topological polar surface area (TPSA) is 64.3 Å². The number of H-pyrrole nitrogens is 1. The van der Waals surface area contributed by atoms with Crippen LogP contribution in [0.3, 0.4) is 0 Å². The maximum atomic E-state index is 11.5. The van der Waals surface area contributed by atoms with E-state index in [1.807, 2.05) is 19.1 Å². The minimum atomic E-state index is -0.147. The lowest BCUT2D eigenvalue weighted by molar-refractivity contribution is 0.258. The second-order valence-corrected chi connectivity index (χ2v) is 6.24. The van der Waals surface area contributed by atoms with Crippen LogP contribution in [0.1, 0.15) is 19.0 Å². The molecule has 2 aromatic rings. The third-order valence-corrected chi connectivity index (χ3v) is 4.28. The molecule has 0 unspecified atom stereocenters. The summed E-state index contributed by atoms with van der Waals surface area (Å²) in [6.07, 6.45) is 1.22. The minimum absolute atomic E-state index is 0.147. The van der Waals surface area contributed by atoms with E-state index in [1.54, 1.807) is 0 Å². The third kappa shape index (κ3) is 4.14. The molecule has 0 amide bonds. The van der Waals surface area contributed by atoms with E-state index >= 15 is 0 Å². The first-order valence-corrected chi connectivity index (χ1v) is 8.56. The molecule has 6 nitrogen and oxygen atoms in total. The maximum absolute atomic E-state index is 11.5. The van der Waals surface area contributed by atoms with Crippen LogP contribution < -0.4 is 15.8 Å². The number of nitrogens with zero attached hydrogens (tertiary/aromatic N) is 3. The van der Waals surface area contributed by atoms with E-state index in [-0.39, 0.29) is 5.56 Å². The summed E-state index contributed by atoms with van der Waals surface area (Å²) in [5, 5.41) is 3.15. The number of aromatic nitrogens is 2. The highest BCUT2D eigenvalue weighted by atomic mass is 16.1. The first-order valence-electron chi connectivity index (χ1n) is 8.56. The Bertz CT molecular complexity index is 717. The molecule has 0 spiro atoms. The van der Waals surface area contributed by atoms with Crippen LogP contribution in [0, 0.1) is 6.92 Å². The van der Waals surface area contributed by atoms with E-state index in [2.05, 4.69) is 44.1 Å². The number of benzene rings is 1. The van der Waals surface area contributed by atoms with Crippen LogP contribution in [0.15, 0.2) is 35.1 Å². The lowest BCUT2D eigenvalue weighted by atomic mass is 10.2. The largest absolute Gasteiger partial charge is 0.369 e. The molecule has 24 heavy (non-hydrogen) atoms. The SMILES string of the molecule is CCCN1CCN(c2ccc(Nc3nc(C)cc(=O)[nH]3)cc2)CC1. The molecule has 0 aliphatic carbocycles. The van der Waals surface area contributed by atoms with Gasteiger partial charge in [-0.3, -0.25) is 14.7 Å². The van der Waals surface area contributed by atoms with Gasteiger partial charge in [0.05, 0.1) is 0 Å². The van der Waals surface area contributed by atoms with Crippen molar-refractivity contribution in [3.05, 3.63) is 46.4 Å². The van der Waals surface area contributed by atoms with Gasteiger partial charge in [0.2, 0.25) is 5.95 Å². The molecule has 1 aliphatic rings. The highest BCUT2D eigenvalue weighted by Crippen LogP contribution is 2.21. The molecule has 2 N–H and O–H groups in total. The summed E-state index contributed by atoms with van der Waals surface area (Å²) in [6.45, 7) is 9.62. The Balaban J connectivity index is 1.62. The molecule has 3 rings (SSSR count). The first-order chi connectivity index (χ1) is 11.6. The molecule has 128 valence electrons. The van der Waals surface area contributed by atoms with Crippen molar-refractivity contribution < 1.29 is 0 Å². The van der Waals surface area contributed by atoms with Crippen molar-refractivity contribution in [3.63, 3.8) is 0 Å². The zero-order valence-corrected chi connectivity index (χ0v) is 14.4. The van der Waals surface area contributed by atoms with Crippen LogP contribution in [-0.2, 0) is 0 Å². The molecule has 0 radical (unpaired) electrons. The number of anilines is 3. The van der Waals surface area contributed by atoms with Gasteiger partial charge in [-0.05, 0) is 44.2 Å². The zero-order chi connectivity index (χ0) is 16.9. The fraction of sp³-hybridized carbons (Fsp3) is 0.444. The zero-order valence-electron chi connectivity index (χ0n) is 14.4. The maximum Gasteiger partial charge on any atom is 0.252 e. The predicted molar refractivity (Wildman–Crippen MR) is 98.3 cm³/mol. The van der Waals surface area contributed by atoms with Gasteiger partial charge in [0.25, 0.3) is 5.56 Å². The Labute approximate surface area is 142 Å². The molecule has 0 saturated carbocycles. The monoisotopic (exact) mass is 327 g/mol. The van der Waals surface area contributed by atoms with Crippen molar-refractivity contribution in [1.29, 1.82) is 0 Å². The van der Waals surface area contributed by atoms with Crippen LogP contribution in [0.5, 0.6) is 0 Å². The van der Waals surface area contributed by atoms with Gasteiger partial charge >= 0.3 is 0 Å². The van der Waals surface area contributed by atoms with E-state index in [1.165, 1.54) is 24.7 Å². The molecule has 1 fully saturated rings.